The molecule has 0 unspecified atom stereocenters. The Balaban J connectivity index is 1.24. The van der Waals surface area contributed by atoms with Crippen molar-refractivity contribution in [1.82, 2.24) is 35.1 Å². The zero-order valence-corrected chi connectivity index (χ0v) is 21.5. The molecule has 0 aliphatic carbocycles. The lowest BCUT2D eigenvalue weighted by atomic mass is 10.1. The summed E-state index contributed by atoms with van der Waals surface area (Å²) in [6, 6.07) is 14.9. The van der Waals surface area contributed by atoms with Gasteiger partial charge in [0.1, 0.15) is 16.9 Å². The van der Waals surface area contributed by atoms with Crippen LogP contribution in [0.2, 0.25) is 0 Å². The summed E-state index contributed by atoms with van der Waals surface area (Å²) in [6.45, 7) is 0. The number of amides is 1. The molecule has 0 atom stereocenters. The Bertz CT molecular complexity index is 2000. The summed E-state index contributed by atoms with van der Waals surface area (Å²) in [4.78, 5) is 33.6. The molecule has 0 aliphatic heterocycles. The highest BCUT2D eigenvalue weighted by molar-refractivity contribution is 7.08. The SMILES string of the molecule is O=C(Cc1ccccc1)Nc1cncc(-c2ncc3[nH]nc(-c4nc5c(-c6ccsc6)nccc5[nH]4)c3c2F)c1. The summed E-state index contributed by atoms with van der Waals surface area (Å²) in [5.41, 5.74) is 5.71. The molecule has 0 spiro atoms. The van der Waals surface area contributed by atoms with Crippen LogP contribution in [0.15, 0.2) is 84.1 Å². The van der Waals surface area contributed by atoms with Gasteiger partial charge in [0.05, 0.1) is 46.6 Å². The van der Waals surface area contributed by atoms with E-state index in [0.717, 1.165) is 22.3 Å². The van der Waals surface area contributed by atoms with E-state index in [-0.39, 0.29) is 23.4 Å². The Morgan fingerprint density at radius 3 is 2.70 bits per heavy atom. The Hall–Kier alpha value is -5.29. The Morgan fingerprint density at radius 1 is 0.950 bits per heavy atom. The second-order valence-electron chi connectivity index (χ2n) is 9.11. The molecular weight excluding hydrogens is 527 g/mol. The first-order chi connectivity index (χ1) is 19.6. The molecule has 40 heavy (non-hydrogen) atoms. The van der Waals surface area contributed by atoms with E-state index in [1.165, 1.54) is 18.6 Å². The van der Waals surface area contributed by atoms with E-state index >= 15 is 4.39 Å². The predicted octanol–water partition coefficient (Wildman–Crippen LogP) is 6.01. The maximum absolute atomic E-state index is 16.1. The van der Waals surface area contributed by atoms with Gasteiger partial charge in [-0.1, -0.05) is 30.3 Å². The van der Waals surface area contributed by atoms with Crippen molar-refractivity contribution in [3.63, 3.8) is 0 Å². The average molecular weight is 547 g/mol. The third-order valence-electron chi connectivity index (χ3n) is 6.47. The molecule has 11 heteroatoms. The van der Waals surface area contributed by atoms with Crippen LogP contribution in [-0.2, 0) is 11.2 Å². The lowest BCUT2D eigenvalue weighted by Crippen LogP contribution is -2.14. The molecule has 0 radical (unpaired) electrons. The van der Waals surface area contributed by atoms with Gasteiger partial charge in [0, 0.05) is 28.9 Å². The van der Waals surface area contributed by atoms with Crippen LogP contribution < -0.4 is 5.32 Å². The number of nitrogens with one attached hydrogen (secondary N) is 3. The number of fused-ring (bicyclic) bond motifs is 2. The van der Waals surface area contributed by atoms with Gasteiger partial charge < -0.3 is 10.3 Å². The van der Waals surface area contributed by atoms with E-state index in [2.05, 4.69) is 35.5 Å². The maximum Gasteiger partial charge on any atom is 0.228 e. The molecule has 6 aromatic heterocycles. The number of benzene rings is 1. The fourth-order valence-electron chi connectivity index (χ4n) is 4.63. The Labute approximate surface area is 230 Å². The molecule has 1 aromatic carbocycles. The van der Waals surface area contributed by atoms with Gasteiger partial charge in [0.25, 0.3) is 0 Å². The van der Waals surface area contributed by atoms with Crippen molar-refractivity contribution in [2.75, 3.05) is 5.32 Å². The quantitative estimate of drug-likeness (QED) is 0.235. The number of aromatic amines is 2. The van der Waals surface area contributed by atoms with Crippen molar-refractivity contribution < 1.29 is 9.18 Å². The summed E-state index contributed by atoms with van der Waals surface area (Å²) in [6.07, 6.45) is 6.46. The highest BCUT2D eigenvalue weighted by atomic mass is 32.1. The van der Waals surface area contributed by atoms with Gasteiger partial charge in [-0.05, 0) is 29.1 Å². The number of nitrogens with zero attached hydrogens (tertiary/aromatic N) is 5. The van der Waals surface area contributed by atoms with Gasteiger partial charge in [-0.3, -0.25) is 24.8 Å². The van der Waals surface area contributed by atoms with Crippen LogP contribution in [0.4, 0.5) is 10.1 Å². The second kappa shape index (κ2) is 9.79. The van der Waals surface area contributed by atoms with Crippen LogP contribution in [0, 0.1) is 5.82 Å². The molecule has 0 saturated carbocycles. The topological polar surface area (TPSA) is 125 Å². The molecule has 9 nitrogen and oxygen atoms in total. The molecule has 0 fully saturated rings. The highest BCUT2D eigenvalue weighted by Gasteiger charge is 2.22. The zero-order chi connectivity index (χ0) is 27.1. The van der Waals surface area contributed by atoms with Crippen molar-refractivity contribution in [1.29, 1.82) is 0 Å². The molecule has 0 bridgehead atoms. The van der Waals surface area contributed by atoms with E-state index in [1.807, 2.05) is 53.2 Å². The molecule has 6 heterocycles. The first kappa shape index (κ1) is 23.8. The number of thiophene rings is 1. The lowest BCUT2D eigenvalue weighted by Gasteiger charge is -2.08. The molecule has 194 valence electrons. The minimum atomic E-state index is -0.576. The molecule has 0 saturated heterocycles. The normalized spacial score (nSPS) is 11.3. The first-order valence-electron chi connectivity index (χ1n) is 12.3. The van der Waals surface area contributed by atoms with Crippen LogP contribution in [0.3, 0.4) is 0 Å². The number of rotatable bonds is 6. The van der Waals surface area contributed by atoms with Crippen molar-refractivity contribution in [2.45, 2.75) is 6.42 Å². The Kier molecular flexibility index (Phi) is 5.82. The number of aromatic nitrogens is 7. The number of H-pyrrole nitrogens is 2. The standard InChI is InChI=1S/C29H19FN8OS/c30-24-23-21(37-38-28(23)29-35-20-6-8-32-26(27(20)36-29)17-7-9-40-15-17)14-33-25(24)18-11-19(13-31-12-18)34-22(39)10-16-4-2-1-3-5-16/h1-9,11-15H,10H2,(H,34,39)(H,35,36)(H,37,38). The van der Waals surface area contributed by atoms with Gasteiger partial charge in [0.15, 0.2) is 11.6 Å². The number of pyridine rings is 3. The molecule has 0 aliphatic rings. The predicted molar refractivity (Wildman–Crippen MR) is 152 cm³/mol. The van der Waals surface area contributed by atoms with Crippen LogP contribution in [0.25, 0.3) is 56.0 Å². The van der Waals surface area contributed by atoms with E-state index in [4.69, 9.17) is 4.98 Å². The third-order valence-corrected chi connectivity index (χ3v) is 7.15. The maximum atomic E-state index is 16.1. The summed E-state index contributed by atoms with van der Waals surface area (Å²) in [5, 5.41) is 14.3. The monoisotopic (exact) mass is 546 g/mol. The molecule has 1 amide bonds. The number of anilines is 1. The summed E-state index contributed by atoms with van der Waals surface area (Å²) in [5.74, 6) is -0.373. The van der Waals surface area contributed by atoms with Crippen molar-refractivity contribution in [2.24, 2.45) is 0 Å². The Morgan fingerprint density at radius 2 is 1.85 bits per heavy atom. The van der Waals surface area contributed by atoms with Crippen molar-refractivity contribution in [3.8, 4) is 34.0 Å². The van der Waals surface area contributed by atoms with Gasteiger partial charge in [-0.2, -0.15) is 16.4 Å². The molecular formula is C29H19FN8OS. The van der Waals surface area contributed by atoms with E-state index in [9.17, 15) is 4.79 Å². The third kappa shape index (κ3) is 4.28. The van der Waals surface area contributed by atoms with Crippen molar-refractivity contribution >= 4 is 44.9 Å². The summed E-state index contributed by atoms with van der Waals surface area (Å²) >= 11 is 1.57. The summed E-state index contributed by atoms with van der Waals surface area (Å²) < 4.78 is 16.1. The minimum absolute atomic E-state index is 0.0820. The average Bonchev–Trinajstić information content (AvgIpc) is 3.73. The zero-order valence-electron chi connectivity index (χ0n) is 20.7. The summed E-state index contributed by atoms with van der Waals surface area (Å²) in [7, 11) is 0. The van der Waals surface area contributed by atoms with Gasteiger partial charge in [0.2, 0.25) is 5.91 Å². The number of carbonyl (C=O) groups excluding carboxylic acids is 1. The van der Waals surface area contributed by atoms with Gasteiger partial charge >= 0.3 is 0 Å². The number of imidazole rings is 1. The lowest BCUT2D eigenvalue weighted by molar-refractivity contribution is -0.115. The number of carbonyl (C=O) groups is 1. The fourth-order valence-corrected chi connectivity index (χ4v) is 5.27. The van der Waals surface area contributed by atoms with Gasteiger partial charge in [-0.25, -0.2) is 9.37 Å². The second-order valence-corrected chi connectivity index (χ2v) is 9.89. The molecule has 7 aromatic rings. The van der Waals surface area contributed by atoms with Crippen LogP contribution >= 0.6 is 11.3 Å². The number of halogens is 1. The van der Waals surface area contributed by atoms with Gasteiger partial charge in [-0.15, -0.1) is 0 Å². The van der Waals surface area contributed by atoms with Crippen molar-refractivity contribution in [3.05, 3.63) is 95.5 Å². The molecule has 7 rings (SSSR count). The van der Waals surface area contributed by atoms with E-state index in [0.29, 0.717) is 33.8 Å². The first-order valence-corrected chi connectivity index (χ1v) is 13.3. The minimum Gasteiger partial charge on any atom is -0.336 e. The largest absolute Gasteiger partial charge is 0.336 e. The van der Waals surface area contributed by atoms with E-state index < -0.39 is 5.82 Å². The van der Waals surface area contributed by atoms with E-state index in [1.54, 1.807) is 23.6 Å². The van der Waals surface area contributed by atoms with Crippen LogP contribution in [-0.4, -0.2) is 41.0 Å². The number of hydrogen-bond acceptors (Lipinski definition) is 7. The fraction of sp³-hybridized carbons (Fsp3) is 0.0345. The van der Waals surface area contributed by atoms with Crippen LogP contribution in [0.5, 0.6) is 0 Å². The molecule has 3 N–H and O–H groups in total. The smallest absolute Gasteiger partial charge is 0.228 e. The highest BCUT2D eigenvalue weighted by Crippen LogP contribution is 2.34. The van der Waals surface area contributed by atoms with Crippen LogP contribution in [0.1, 0.15) is 5.56 Å². The number of hydrogen-bond donors (Lipinski definition) is 3.